The first-order chi connectivity index (χ1) is 21.3. The van der Waals surface area contributed by atoms with Gasteiger partial charge in [0.15, 0.2) is 23.0 Å². The fourth-order valence-electron chi connectivity index (χ4n) is 4.15. The zero-order chi connectivity index (χ0) is 31.6. The topological polar surface area (TPSA) is 111 Å². The Morgan fingerprint density at radius 1 is 0.568 bits per heavy atom. The van der Waals surface area contributed by atoms with Gasteiger partial charge in [-0.05, 0) is 60.7 Å². The molecule has 4 aromatic rings. The molecule has 10 nitrogen and oxygen atoms in total. The van der Waals surface area contributed by atoms with Crippen LogP contribution in [0.5, 0.6) is 40.2 Å². The number of esters is 1. The van der Waals surface area contributed by atoms with Crippen LogP contribution in [0, 0.1) is 11.8 Å². The third-order valence-corrected chi connectivity index (χ3v) is 6.41. The fourth-order valence-corrected chi connectivity index (χ4v) is 4.15. The molecule has 0 aliphatic heterocycles. The molecule has 0 radical (unpaired) electrons. The van der Waals surface area contributed by atoms with Crippen molar-refractivity contribution in [2.45, 2.75) is 0 Å². The van der Waals surface area contributed by atoms with Crippen molar-refractivity contribution in [3.8, 4) is 52.1 Å². The number of methoxy groups -OCH3 is 6. The van der Waals surface area contributed by atoms with Gasteiger partial charge in [0.2, 0.25) is 5.75 Å². The minimum absolute atomic E-state index is 0.192. The van der Waals surface area contributed by atoms with Crippen LogP contribution in [-0.2, 0) is 0 Å². The normalized spacial score (nSPS) is 10.0. The first-order valence-corrected chi connectivity index (χ1v) is 13.2. The summed E-state index contributed by atoms with van der Waals surface area (Å²) in [6.45, 7) is 0. The van der Waals surface area contributed by atoms with E-state index in [1.54, 1.807) is 66.7 Å². The number of rotatable bonds is 10. The van der Waals surface area contributed by atoms with Gasteiger partial charge in [-0.1, -0.05) is 11.8 Å². The van der Waals surface area contributed by atoms with Crippen LogP contribution in [0.25, 0.3) is 0 Å². The highest BCUT2D eigenvalue weighted by Gasteiger charge is 2.20. The molecule has 0 saturated carbocycles. The lowest BCUT2D eigenvalue weighted by molar-refractivity contribution is 0.0730. The Morgan fingerprint density at radius 2 is 1.07 bits per heavy atom. The molecule has 0 aliphatic carbocycles. The molecule has 10 heteroatoms. The van der Waals surface area contributed by atoms with Crippen molar-refractivity contribution < 1.29 is 42.7 Å². The van der Waals surface area contributed by atoms with Crippen LogP contribution in [0.3, 0.4) is 0 Å². The molecule has 4 aromatic carbocycles. The predicted octanol–water partition coefficient (Wildman–Crippen LogP) is 5.61. The van der Waals surface area contributed by atoms with Crippen molar-refractivity contribution in [1.29, 1.82) is 0 Å². The smallest absolute Gasteiger partial charge is 0.347 e. The summed E-state index contributed by atoms with van der Waals surface area (Å²) in [7, 11) is 8.90. The van der Waals surface area contributed by atoms with Crippen molar-refractivity contribution in [2.75, 3.05) is 48.0 Å². The maximum atomic E-state index is 12.9. The van der Waals surface area contributed by atoms with Gasteiger partial charge in [0.25, 0.3) is 5.91 Å². The van der Waals surface area contributed by atoms with Crippen LogP contribution in [0.15, 0.2) is 72.8 Å². The van der Waals surface area contributed by atoms with E-state index in [4.69, 9.17) is 33.2 Å². The Kier molecular flexibility index (Phi) is 10.2. The Hall–Kier alpha value is -5.82. The number of carbonyl (C=O) groups is 2. The second-order valence-electron chi connectivity index (χ2n) is 9.02. The Bertz CT molecular complexity index is 1680. The maximum Gasteiger partial charge on any atom is 0.347 e. The molecule has 44 heavy (non-hydrogen) atoms. The van der Waals surface area contributed by atoms with E-state index in [0.717, 1.165) is 5.56 Å². The average molecular weight is 598 g/mol. The number of ether oxygens (including phenoxy) is 7. The van der Waals surface area contributed by atoms with Crippen molar-refractivity contribution >= 4 is 17.6 Å². The van der Waals surface area contributed by atoms with E-state index in [9.17, 15) is 9.59 Å². The van der Waals surface area contributed by atoms with Gasteiger partial charge in [-0.3, -0.25) is 4.79 Å². The predicted molar refractivity (Wildman–Crippen MR) is 164 cm³/mol. The Balaban J connectivity index is 1.40. The van der Waals surface area contributed by atoms with Crippen molar-refractivity contribution in [3.63, 3.8) is 0 Å². The molecule has 0 bridgehead atoms. The highest BCUT2D eigenvalue weighted by atomic mass is 16.5. The molecule has 0 saturated heterocycles. The first-order valence-electron chi connectivity index (χ1n) is 13.2. The summed E-state index contributed by atoms with van der Waals surface area (Å²) in [6.07, 6.45) is 0. The van der Waals surface area contributed by atoms with Crippen molar-refractivity contribution in [2.24, 2.45) is 0 Å². The summed E-state index contributed by atoms with van der Waals surface area (Å²) in [5.41, 5.74) is 2.59. The molecule has 0 unspecified atom stereocenters. The molecule has 1 N–H and O–H groups in total. The lowest BCUT2D eigenvalue weighted by Gasteiger charge is -2.14. The summed E-state index contributed by atoms with van der Waals surface area (Å²) < 4.78 is 37.4. The number of anilines is 1. The van der Waals surface area contributed by atoms with Crippen LogP contribution in [0.4, 0.5) is 5.69 Å². The number of benzene rings is 4. The zero-order valence-electron chi connectivity index (χ0n) is 25.1. The largest absolute Gasteiger partial charge is 0.496 e. The number of nitrogens with one attached hydrogen (secondary N) is 1. The van der Waals surface area contributed by atoms with E-state index >= 15 is 0 Å². The molecular weight excluding hydrogens is 566 g/mol. The van der Waals surface area contributed by atoms with Gasteiger partial charge < -0.3 is 38.5 Å². The minimum atomic E-state index is -0.612. The molecule has 0 atom stereocenters. The van der Waals surface area contributed by atoms with E-state index in [1.807, 2.05) is 0 Å². The van der Waals surface area contributed by atoms with E-state index in [-0.39, 0.29) is 11.5 Å². The van der Waals surface area contributed by atoms with Gasteiger partial charge in [0.05, 0.1) is 42.7 Å². The van der Waals surface area contributed by atoms with Crippen LogP contribution in [0.1, 0.15) is 31.8 Å². The lowest BCUT2D eigenvalue weighted by atomic mass is 10.1. The summed E-state index contributed by atoms with van der Waals surface area (Å²) in [5, 5.41) is 2.85. The van der Waals surface area contributed by atoms with E-state index in [2.05, 4.69) is 17.2 Å². The van der Waals surface area contributed by atoms with Gasteiger partial charge >= 0.3 is 5.97 Å². The Labute approximate surface area is 255 Å². The Morgan fingerprint density at radius 3 is 1.57 bits per heavy atom. The van der Waals surface area contributed by atoms with Gasteiger partial charge in [-0.2, -0.15) is 0 Å². The summed E-state index contributed by atoms with van der Waals surface area (Å²) >= 11 is 0. The molecule has 0 aliphatic rings. The molecule has 0 fully saturated rings. The number of hydrogen-bond acceptors (Lipinski definition) is 9. The summed E-state index contributed by atoms with van der Waals surface area (Å²) in [5.74, 6) is 7.80. The molecule has 226 valence electrons. The van der Waals surface area contributed by atoms with Gasteiger partial charge in [-0.15, -0.1) is 0 Å². The molecule has 0 spiro atoms. The van der Waals surface area contributed by atoms with Gasteiger partial charge in [0, 0.05) is 34.5 Å². The number of amides is 1. The molecule has 4 rings (SSSR count). The van der Waals surface area contributed by atoms with Crippen molar-refractivity contribution in [3.05, 3.63) is 95.1 Å². The first kappa shape index (κ1) is 31.1. The summed E-state index contributed by atoms with van der Waals surface area (Å²) in [6, 6.07) is 20.1. The molecular formula is C34H31NO9. The zero-order valence-corrected chi connectivity index (χ0v) is 25.1. The van der Waals surface area contributed by atoms with Crippen LogP contribution >= 0.6 is 0 Å². The van der Waals surface area contributed by atoms with E-state index in [0.29, 0.717) is 57.1 Å². The number of carbonyl (C=O) groups excluding carboxylic acids is 2. The SMILES string of the molecule is COc1cc(OC)c(C(=O)Oc2ccc(C#Cc3ccc(NC(=O)c4cc(OC)c(OC)c(OC)c4)cc3)cc2)cc1OC. The fraction of sp³-hybridized carbons (Fsp3) is 0.176. The van der Waals surface area contributed by atoms with Gasteiger partial charge in [-0.25, -0.2) is 4.79 Å². The highest BCUT2D eigenvalue weighted by molar-refractivity contribution is 6.05. The van der Waals surface area contributed by atoms with Crippen molar-refractivity contribution in [1.82, 2.24) is 0 Å². The highest BCUT2D eigenvalue weighted by Crippen LogP contribution is 2.38. The summed E-state index contributed by atoms with van der Waals surface area (Å²) in [4.78, 5) is 25.7. The monoisotopic (exact) mass is 597 g/mol. The van der Waals surface area contributed by atoms with Gasteiger partial charge in [0.1, 0.15) is 17.1 Å². The third-order valence-electron chi connectivity index (χ3n) is 6.41. The molecule has 1 amide bonds. The molecule has 0 heterocycles. The second-order valence-corrected chi connectivity index (χ2v) is 9.02. The minimum Gasteiger partial charge on any atom is -0.496 e. The number of hydrogen-bond donors (Lipinski definition) is 1. The van der Waals surface area contributed by atoms with E-state index in [1.165, 1.54) is 48.7 Å². The lowest BCUT2D eigenvalue weighted by Crippen LogP contribution is -2.12. The third kappa shape index (κ3) is 7.14. The van der Waals surface area contributed by atoms with Crippen LogP contribution < -0.4 is 38.5 Å². The maximum absolute atomic E-state index is 12.9. The average Bonchev–Trinajstić information content (AvgIpc) is 3.06. The molecule has 0 aromatic heterocycles. The van der Waals surface area contributed by atoms with Crippen LogP contribution in [-0.4, -0.2) is 54.5 Å². The second kappa shape index (κ2) is 14.4. The standard InChI is InChI=1S/C34H31NO9/c1-38-27-20-29(40-3)28(39-2)19-26(27)34(37)44-25-15-11-22(12-16-25)8-7-21-9-13-24(14-10-21)35-33(36)23-17-30(41-4)32(43-6)31(18-23)42-5/h9-20H,1-6H3,(H,35,36). The quantitative estimate of drug-likeness (QED) is 0.142. The van der Waals surface area contributed by atoms with Crippen LogP contribution in [0.2, 0.25) is 0 Å². The van der Waals surface area contributed by atoms with E-state index < -0.39 is 5.97 Å².